The van der Waals surface area contributed by atoms with E-state index in [4.69, 9.17) is 9.88 Å². The number of benzene rings is 3. The van der Waals surface area contributed by atoms with Crippen LogP contribution in [0.15, 0.2) is 102 Å². The van der Waals surface area contributed by atoms with Crippen molar-refractivity contribution < 1.29 is 17.9 Å². The van der Waals surface area contributed by atoms with Crippen LogP contribution < -0.4 is 9.88 Å². The molecule has 4 rings (SSSR count). The summed E-state index contributed by atoms with van der Waals surface area (Å²) in [4.78, 5) is 16.5. The molecule has 36 heavy (non-hydrogen) atoms. The lowest BCUT2D eigenvalue weighted by atomic mass is 9.98. The van der Waals surface area contributed by atoms with E-state index in [1.165, 1.54) is 6.07 Å². The van der Waals surface area contributed by atoms with Crippen LogP contribution in [0.5, 0.6) is 5.75 Å². The van der Waals surface area contributed by atoms with Crippen molar-refractivity contribution in [1.82, 2.24) is 4.98 Å². The molecule has 0 fully saturated rings. The molecule has 7 heteroatoms. The van der Waals surface area contributed by atoms with Crippen molar-refractivity contribution in [3.05, 3.63) is 114 Å². The Morgan fingerprint density at radius 2 is 1.67 bits per heavy atom. The van der Waals surface area contributed by atoms with Crippen LogP contribution in [0.3, 0.4) is 0 Å². The van der Waals surface area contributed by atoms with Crippen molar-refractivity contribution >= 4 is 15.8 Å². The number of hydrogen-bond acceptors (Lipinski definition) is 5. The Hall–Kier alpha value is -3.81. The number of ketones is 1. The van der Waals surface area contributed by atoms with E-state index in [1.807, 2.05) is 66.7 Å². The summed E-state index contributed by atoms with van der Waals surface area (Å²) < 4.78 is 29.4. The van der Waals surface area contributed by atoms with Gasteiger partial charge in [0.2, 0.25) is 10.0 Å². The van der Waals surface area contributed by atoms with Gasteiger partial charge in [-0.25, -0.2) is 13.6 Å². The highest BCUT2D eigenvalue weighted by Crippen LogP contribution is 2.26. The van der Waals surface area contributed by atoms with Gasteiger partial charge in [-0.3, -0.25) is 9.78 Å². The maximum atomic E-state index is 12.3. The number of aromatic nitrogens is 1. The molecule has 1 aromatic heterocycles. The van der Waals surface area contributed by atoms with Crippen LogP contribution in [0.25, 0.3) is 11.1 Å². The number of carbonyl (C=O) groups is 1. The number of ether oxygens (including phenoxy) is 1. The van der Waals surface area contributed by atoms with Gasteiger partial charge in [0, 0.05) is 31.7 Å². The third-order valence-electron chi connectivity index (χ3n) is 5.87. The van der Waals surface area contributed by atoms with Crippen LogP contribution in [0.1, 0.15) is 23.1 Å². The highest BCUT2D eigenvalue weighted by atomic mass is 32.2. The summed E-state index contributed by atoms with van der Waals surface area (Å²) >= 11 is 0. The molecule has 0 saturated heterocycles. The molecule has 4 aromatic rings. The Labute approximate surface area is 211 Å². The summed E-state index contributed by atoms with van der Waals surface area (Å²) in [6.07, 6.45) is 5.74. The number of carbonyl (C=O) groups excluding carboxylic acids is 1. The summed E-state index contributed by atoms with van der Waals surface area (Å²) in [5.41, 5.74) is 4.79. The zero-order valence-corrected chi connectivity index (χ0v) is 20.7. The number of pyridine rings is 1. The molecule has 3 aromatic carbocycles. The second-order valence-electron chi connectivity index (χ2n) is 8.55. The van der Waals surface area contributed by atoms with Crippen LogP contribution in [0.4, 0.5) is 0 Å². The molecule has 0 saturated carbocycles. The maximum absolute atomic E-state index is 12.3. The summed E-state index contributed by atoms with van der Waals surface area (Å²) in [6, 6.07) is 25.9. The van der Waals surface area contributed by atoms with E-state index in [2.05, 4.69) is 4.98 Å². The SMILES string of the molecule is NS(=O)(=O)c1cccc(-c2ccccc2CCOc2ccc(CC(=O)CCc3cccnc3)cc2)c1. The van der Waals surface area contributed by atoms with Crippen LogP contribution in [0.2, 0.25) is 0 Å². The standard InChI is InChI=1S/C29H28N2O4S/c30-36(33,34)28-8-3-7-25(20-28)29-9-2-1-6-24(29)16-18-35-27-14-11-22(12-15-27)19-26(32)13-10-23-5-4-17-31-21-23/h1-9,11-12,14-15,17,20-21H,10,13,16,18-19H2,(H2,30,33,34). The molecule has 184 valence electrons. The van der Waals surface area contributed by atoms with Crippen molar-refractivity contribution in [2.75, 3.05) is 6.61 Å². The molecule has 1 heterocycles. The number of Topliss-reactive ketones (excluding diaryl/α,β-unsaturated/α-hetero) is 1. The van der Waals surface area contributed by atoms with Gasteiger partial charge in [0.15, 0.2) is 0 Å². The number of rotatable bonds is 11. The number of hydrogen-bond donors (Lipinski definition) is 1. The zero-order chi connectivity index (χ0) is 25.4. The van der Waals surface area contributed by atoms with Crippen molar-refractivity contribution in [3.8, 4) is 16.9 Å². The van der Waals surface area contributed by atoms with Gasteiger partial charge in [0.05, 0.1) is 11.5 Å². The predicted octanol–water partition coefficient (Wildman–Crippen LogP) is 4.76. The smallest absolute Gasteiger partial charge is 0.238 e. The molecule has 0 bridgehead atoms. The van der Waals surface area contributed by atoms with Gasteiger partial charge >= 0.3 is 0 Å². The summed E-state index contributed by atoms with van der Waals surface area (Å²) in [5.74, 6) is 0.922. The van der Waals surface area contributed by atoms with Gasteiger partial charge in [-0.15, -0.1) is 0 Å². The molecular weight excluding hydrogens is 472 g/mol. The zero-order valence-electron chi connectivity index (χ0n) is 19.8. The molecule has 0 spiro atoms. The number of nitrogens with two attached hydrogens (primary N) is 1. The van der Waals surface area contributed by atoms with Crippen molar-refractivity contribution in [1.29, 1.82) is 0 Å². The summed E-state index contributed by atoms with van der Waals surface area (Å²) in [6.45, 7) is 0.454. The molecule has 0 aliphatic rings. The maximum Gasteiger partial charge on any atom is 0.238 e. The highest BCUT2D eigenvalue weighted by Gasteiger charge is 2.11. The molecule has 0 aliphatic heterocycles. The molecule has 0 unspecified atom stereocenters. The summed E-state index contributed by atoms with van der Waals surface area (Å²) in [5, 5.41) is 5.29. The highest BCUT2D eigenvalue weighted by molar-refractivity contribution is 7.89. The minimum absolute atomic E-state index is 0.0849. The Morgan fingerprint density at radius 3 is 2.42 bits per heavy atom. The third-order valence-corrected chi connectivity index (χ3v) is 6.78. The lowest BCUT2D eigenvalue weighted by Gasteiger charge is -2.12. The van der Waals surface area contributed by atoms with Gasteiger partial charge in [0.1, 0.15) is 11.5 Å². The Kier molecular flexibility index (Phi) is 8.25. The lowest BCUT2D eigenvalue weighted by Crippen LogP contribution is -2.12. The number of primary sulfonamides is 1. The first-order valence-corrected chi connectivity index (χ1v) is 13.3. The van der Waals surface area contributed by atoms with Crippen LogP contribution in [-0.4, -0.2) is 25.8 Å². The predicted molar refractivity (Wildman–Crippen MR) is 140 cm³/mol. The van der Waals surface area contributed by atoms with E-state index < -0.39 is 10.0 Å². The molecular formula is C29H28N2O4S. The van der Waals surface area contributed by atoms with Gasteiger partial charge in [-0.2, -0.15) is 0 Å². The lowest BCUT2D eigenvalue weighted by molar-refractivity contribution is -0.118. The number of sulfonamides is 1. The van der Waals surface area contributed by atoms with Crippen LogP contribution in [0, 0.1) is 0 Å². The Balaban J connectivity index is 1.31. The largest absolute Gasteiger partial charge is 0.493 e. The fourth-order valence-corrected chi connectivity index (χ4v) is 4.55. The molecule has 2 N–H and O–H groups in total. The first-order chi connectivity index (χ1) is 17.4. The molecule has 0 aliphatic carbocycles. The van der Waals surface area contributed by atoms with E-state index in [9.17, 15) is 13.2 Å². The molecule has 6 nitrogen and oxygen atoms in total. The quantitative estimate of drug-likeness (QED) is 0.320. The van der Waals surface area contributed by atoms with Crippen LogP contribution >= 0.6 is 0 Å². The first-order valence-electron chi connectivity index (χ1n) is 11.7. The van der Waals surface area contributed by atoms with Crippen molar-refractivity contribution in [2.45, 2.75) is 30.6 Å². The van der Waals surface area contributed by atoms with Gasteiger partial charge in [0.25, 0.3) is 0 Å². The number of aryl methyl sites for hydroxylation is 1. The Morgan fingerprint density at radius 1 is 0.861 bits per heavy atom. The average molecular weight is 501 g/mol. The molecule has 0 atom stereocenters. The minimum Gasteiger partial charge on any atom is -0.493 e. The fraction of sp³-hybridized carbons (Fsp3) is 0.172. The van der Waals surface area contributed by atoms with E-state index in [1.54, 1.807) is 24.5 Å². The second kappa shape index (κ2) is 11.7. The van der Waals surface area contributed by atoms with Gasteiger partial charge in [-0.05, 0) is 64.6 Å². The first kappa shape index (κ1) is 25.3. The van der Waals surface area contributed by atoms with Gasteiger partial charge in [-0.1, -0.05) is 54.6 Å². The topological polar surface area (TPSA) is 99.4 Å². The fourth-order valence-electron chi connectivity index (χ4n) is 3.99. The molecule has 0 amide bonds. The molecule has 0 radical (unpaired) electrons. The van der Waals surface area contributed by atoms with Gasteiger partial charge < -0.3 is 4.74 Å². The van der Waals surface area contributed by atoms with Crippen LogP contribution in [-0.2, 0) is 34.1 Å². The van der Waals surface area contributed by atoms with E-state index in [-0.39, 0.29) is 10.7 Å². The summed E-state index contributed by atoms with van der Waals surface area (Å²) in [7, 11) is -3.77. The van der Waals surface area contributed by atoms with E-state index >= 15 is 0 Å². The average Bonchev–Trinajstić information content (AvgIpc) is 2.89. The Bertz CT molecular complexity index is 1420. The normalized spacial score (nSPS) is 11.2. The van der Waals surface area contributed by atoms with Crippen molar-refractivity contribution in [2.24, 2.45) is 5.14 Å². The monoisotopic (exact) mass is 500 g/mol. The second-order valence-corrected chi connectivity index (χ2v) is 10.1. The van der Waals surface area contributed by atoms with E-state index in [0.717, 1.165) is 33.6 Å². The minimum atomic E-state index is -3.77. The number of nitrogens with zero attached hydrogens (tertiary/aromatic N) is 1. The van der Waals surface area contributed by atoms with E-state index in [0.29, 0.717) is 32.3 Å². The third kappa shape index (κ3) is 7.10. The van der Waals surface area contributed by atoms with Crippen molar-refractivity contribution in [3.63, 3.8) is 0 Å².